The Morgan fingerprint density at radius 3 is 2.78 bits per heavy atom. The van der Waals surface area contributed by atoms with Gasteiger partial charge in [-0.05, 0) is 38.4 Å². The molecule has 0 atom stereocenters. The highest BCUT2D eigenvalue weighted by Gasteiger charge is 2.20. The van der Waals surface area contributed by atoms with Gasteiger partial charge in [-0.3, -0.25) is 4.90 Å². The molecule has 2 nitrogen and oxygen atoms in total. The second kappa shape index (κ2) is 6.50. The first-order chi connectivity index (χ1) is 8.67. The van der Waals surface area contributed by atoms with Crippen LogP contribution in [0.3, 0.4) is 0 Å². The summed E-state index contributed by atoms with van der Waals surface area (Å²) in [5, 5.41) is 3.57. The number of hydrogen-bond acceptors (Lipinski definition) is 3. The fourth-order valence-corrected chi connectivity index (χ4v) is 3.03. The van der Waals surface area contributed by atoms with Crippen molar-refractivity contribution in [1.29, 1.82) is 0 Å². The predicted octanol–water partition coefficient (Wildman–Crippen LogP) is 3.40. The molecule has 2 rings (SSSR count). The standard InChI is InChI=1S/C15H24N2S/c1-4-17(10-12(2)3)11-15-8-7-14(18-15)9-16-13-5-6-13/h7-8,13,16H,2,4-6,9-11H2,1,3H3. The summed E-state index contributed by atoms with van der Waals surface area (Å²) in [6, 6.07) is 5.34. The molecule has 0 bridgehead atoms. The molecule has 3 heteroatoms. The molecule has 0 aromatic carbocycles. The van der Waals surface area contributed by atoms with E-state index < -0.39 is 0 Å². The lowest BCUT2D eigenvalue weighted by molar-refractivity contribution is 0.307. The van der Waals surface area contributed by atoms with Crippen molar-refractivity contribution < 1.29 is 0 Å². The monoisotopic (exact) mass is 264 g/mol. The van der Waals surface area contributed by atoms with E-state index in [1.54, 1.807) is 0 Å². The van der Waals surface area contributed by atoms with Gasteiger partial charge in [-0.15, -0.1) is 11.3 Å². The molecule has 1 aromatic heterocycles. The number of rotatable bonds is 8. The highest BCUT2D eigenvalue weighted by atomic mass is 32.1. The maximum Gasteiger partial charge on any atom is 0.0331 e. The fourth-order valence-electron chi connectivity index (χ4n) is 2.02. The average Bonchev–Trinajstić information content (AvgIpc) is 3.06. The Labute approximate surface area is 115 Å². The Hall–Kier alpha value is -0.640. The molecule has 0 spiro atoms. The maximum atomic E-state index is 4.00. The van der Waals surface area contributed by atoms with Crippen molar-refractivity contribution in [3.63, 3.8) is 0 Å². The van der Waals surface area contributed by atoms with Gasteiger partial charge >= 0.3 is 0 Å². The van der Waals surface area contributed by atoms with E-state index in [0.717, 1.165) is 32.2 Å². The molecule has 1 aliphatic rings. The van der Waals surface area contributed by atoms with Gasteiger partial charge in [0.05, 0.1) is 0 Å². The van der Waals surface area contributed by atoms with Crippen molar-refractivity contribution in [1.82, 2.24) is 10.2 Å². The minimum absolute atomic E-state index is 0.797. The molecular formula is C15H24N2S. The summed E-state index contributed by atoms with van der Waals surface area (Å²) >= 11 is 1.94. The lowest BCUT2D eigenvalue weighted by atomic mass is 10.3. The molecule has 0 amide bonds. The Morgan fingerprint density at radius 2 is 2.17 bits per heavy atom. The first kappa shape index (κ1) is 13.8. The van der Waals surface area contributed by atoms with Crippen LogP contribution >= 0.6 is 11.3 Å². The van der Waals surface area contributed by atoms with Crippen LogP contribution in [0, 0.1) is 0 Å². The van der Waals surface area contributed by atoms with E-state index in [9.17, 15) is 0 Å². The number of thiophene rings is 1. The molecule has 100 valence electrons. The SMILES string of the molecule is C=C(C)CN(CC)Cc1ccc(CNC2CC2)s1. The van der Waals surface area contributed by atoms with Gasteiger partial charge in [0.15, 0.2) is 0 Å². The van der Waals surface area contributed by atoms with Crippen LogP contribution in [0.4, 0.5) is 0 Å². The largest absolute Gasteiger partial charge is 0.309 e. The van der Waals surface area contributed by atoms with Crippen molar-refractivity contribution in [3.05, 3.63) is 34.0 Å². The lowest BCUT2D eigenvalue weighted by Crippen LogP contribution is -2.23. The first-order valence-electron chi connectivity index (χ1n) is 6.85. The van der Waals surface area contributed by atoms with Gasteiger partial charge in [-0.1, -0.05) is 19.1 Å². The van der Waals surface area contributed by atoms with Gasteiger partial charge in [-0.2, -0.15) is 0 Å². The summed E-state index contributed by atoms with van der Waals surface area (Å²) in [6.45, 7) is 12.5. The lowest BCUT2D eigenvalue weighted by Gasteiger charge is -2.19. The Bertz CT molecular complexity index is 393. The summed E-state index contributed by atoms with van der Waals surface area (Å²) in [4.78, 5) is 5.36. The van der Waals surface area contributed by atoms with Crippen LogP contribution in [-0.4, -0.2) is 24.0 Å². The number of likely N-dealkylation sites (N-methyl/N-ethyl adjacent to an activating group) is 1. The predicted molar refractivity (Wildman–Crippen MR) is 79.9 cm³/mol. The zero-order valence-electron chi connectivity index (χ0n) is 11.5. The summed E-state index contributed by atoms with van der Waals surface area (Å²) in [5.41, 5.74) is 1.24. The Balaban J connectivity index is 1.81. The second-order valence-electron chi connectivity index (χ2n) is 5.28. The van der Waals surface area contributed by atoms with Crippen LogP contribution in [0.25, 0.3) is 0 Å². The Morgan fingerprint density at radius 1 is 1.44 bits per heavy atom. The van der Waals surface area contributed by atoms with Gasteiger partial charge in [0.1, 0.15) is 0 Å². The normalized spacial score (nSPS) is 15.3. The van der Waals surface area contributed by atoms with Crippen LogP contribution in [0.1, 0.15) is 36.4 Å². The summed E-state index contributed by atoms with van der Waals surface area (Å²) in [7, 11) is 0. The first-order valence-corrected chi connectivity index (χ1v) is 7.66. The number of nitrogens with one attached hydrogen (secondary N) is 1. The summed E-state index contributed by atoms with van der Waals surface area (Å²) in [6.07, 6.45) is 2.72. The molecule has 0 radical (unpaired) electrons. The maximum absolute atomic E-state index is 4.00. The summed E-state index contributed by atoms with van der Waals surface area (Å²) in [5.74, 6) is 0. The van der Waals surface area contributed by atoms with E-state index in [1.807, 2.05) is 11.3 Å². The van der Waals surface area contributed by atoms with E-state index >= 15 is 0 Å². The molecular weight excluding hydrogens is 240 g/mol. The van der Waals surface area contributed by atoms with Crippen molar-refractivity contribution in [2.75, 3.05) is 13.1 Å². The quantitative estimate of drug-likeness (QED) is 0.724. The molecule has 1 saturated carbocycles. The van der Waals surface area contributed by atoms with Gasteiger partial charge in [-0.25, -0.2) is 0 Å². The molecule has 0 saturated heterocycles. The summed E-state index contributed by atoms with van der Waals surface area (Å²) < 4.78 is 0. The highest BCUT2D eigenvalue weighted by molar-refractivity contribution is 7.11. The highest BCUT2D eigenvalue weighted by Crippen LogP contribution is 2.22. The fraction of sp³-hybridized carbons (Fsp3) is 0.600. The minimum Gasteiger partial charge on any atom is -0.309 e. The molecule has 1 fully saturated rings. The van der Waals surface area contributed by atoms with E-state index in [4.69, 9.17) is 0 Å². The van der Waals surface area contributed by atoms with Crippen LogP contribution in [0.5, 0.6) is 0 Å². The van der Waals surface area contributed by atoms with Crippen molar-refractivity contribution >= 4 is 11.3 Å². The van der Waals surface area contributed by atoms with Crippen LogP contribution in [0.2, 0.25) is 0 Å². The van der Waals surface area contributed by atoms with Gasteiger partial charge in [0.25, 0.3) is 0 Å². The van der Waals surface area contributed by atoms with Crippen LogP contribution in [-0.2, 0) is 13.1 Å². The smallest absolute Gasteiger partial charge is 0.0331 e. The third-order valence-corrected chi connectivity index (χ3v) is 4.25. The van der Waals surface area contributed by atoms with E-state index in [-0.39, 0.29) is 0 Å². The topological polar surface area (TPSA) is 15.3 Å². The van der Waals surface area contributed by atoms with E-state index in [2.05, 4.69) is 42.8 Å². The van der Waals surface area contributed by atoms with Gasteiger partial charge < -0.3 is 5.32 Å². The van der Waals surface area contributed by atoms with Crippen molar-refractivity contribution in [2.45, 2.75) is 45.8 Å². The minimum atomic E-state index is 0.797. The van der Waals surface area contributed by atoms with E-state index in [1.165, 1.54) is 28.2 Å². The number of nitrogens with zero attached hydrogens (tertiary/aromatic N) is 1. The number of hydrogen-bond donors (Lipinski definition) is 1. The van der Waals surface area contributed by atoms with Crippen molar-refractivity contribution in [2.24, 2.45) is 0 Å². The van der Waals surface area contributed by atoms with Crippen LogP contribution in [0.15, 0.2) is 24.3 Å². The third kappa shape index (κ3) is 4.56. The second-order valence-corrected chi connectivity index (χ2v) is 6.54. The Kier molecular flexibility index (Phi) is 4.98. The van der Waals surface area contributed by atoms with Gasteiger partial charge in [0, 0.05) is 35.4 Å². The van der Waals surface area contributed by atoms with Crippen LogP contribution < -0.4 is 5.32 Å². The molecule has 18 heavy (non-hydrogen) atoms. The molecule has 0 unspecified atom stereocenters. The van der Waals surface area contributed by atoms with E-state index in [0.29, 0.717) is 0 Å². The van der Waals surface area contributed by atoms with Gasteiger partial charge in [0.2, 0.25) is 0 Å². The third-order valence-electron chi connectivity index (χ3n) is 3.18. The molecule has 1 N–H and O–H groups in total. The molecule has 1 heterocycles. The zero-order chi connectivity index (χ0) is 13.0. The molecule has 0 aliphatic heterocycles. The zero-order valence-corrected chi connectivity index (χ0v) is 12.4. The van der Waals surface area contributed by atoms with Crippen molar-refractivity contribution in [3.8, 4) is 0 Å². The molecule has 1 aliphatic carbocycles. The average molecular weight is 264 g/mol. The molecule has 1 aromatic rings.